The lowest BCUT2D eigenvalue weighted by molar-refractivity contribution is -0.137. The predicted octanol–water partition coefficient (Wildman–Crippen LogP) is 3.19. The SMILES string of the molecule is OCC1CC(c2ccc(C(F)(F)F)cc2)C1. The van der Waals surface area contributed by atoms with Gasteiger partial charge in [-0.1, -0.05) is 12.1 Å². The Morgan fingerprint density at radius 3 is 2.12 bits per heavy atom. The summed E-state index contributed by atoms with van der Waals surface area (Å²) in [6.07, 6.45) is -2.50. The lowest BCUT2D eigenvalue weighted by atomic mass is 9.72. The molecule has 16 heavy (non-hydrogen) atoms. The van der Waals surface area contributed by atoms with Crippen LogP contribution in [0.2, 0.25) is 0 Å². The summed E-state index contributed by atoms with van der Waals surface area (Å²) in [5.74, 6) is 0.645. The normalized spacial score (nSPS) is 25.2. The van der Waals surface area contributed by atoms with Gasteiger partial charge in [-0.05, 0) is 42.4 Å². The second-order valence-electron chi connectivity index (χ2n) is 4.34. The molecular weight excluding hydrogens is 217 g/mol. The quantitative estimate of drug-likeness (QED) is 0.827. The van der Waals surface area contributed by atoms with Crippen molar-refractivity contribution >= 4 is 0 Å². The van der Waals surface area contributed by atoms with E-state index in [-0.39, 0.29) is 6.61 Å². The fraction of sp³-hybridized carbons (Fsp3) is 0.500. The van der Waals surface area contributed by atoms with E-state index in [1.807, 2.05) is 0 Å². The zero-order valence-corrected chi connectivity index (χ0v) is 8.67. The van der Waals surface area contributed by atoms with Gasteiger partial charge in [0.25, 0.3) is 0 Å². The molecule has 1 aromatic carbocycles. The summed E-state index contributed by atoms with van der Waals surface area (Å²) in [5, 5.41) is 8.85. The lowest BCUT2D eigenvalue weighted by Crippen LogP contribution is -2.24. The summed E-state index contributed by atoms with van der Waals surface area (Å²) in [4.78, 5) is 0. The van der Waals surface area contributed by atoms with Crippen molar-refractivity contribution in [1.29, 1.82) is 0 Å². The summed E-state index contributed by atoms with van der Waals surface area (Å²) in [7, 11) is 0. The highest BCUT2D eigenvalue weighted by molar-refractivity contribution is 5.28. The third kappa shape index (κ3) is 2.21. The molecule has 1 aliphatic rings. The maximum atomic E-state index is 12.3. The van der Waals surface area contributed by atoms with Gasteiger partial charge in [0, 0.05) is 6.61 Å². The molecule has 1 nitrogen and oxygen atoms in total. The van der Waals surface area contributed by atoms with Gasteiger partial charge in [-0.2, -0.15) is 13.2 Å². The molecule has 0 aliphatic heterocycles. The van der Waals surface area contributed by atoms with Crippen molar-refractivity contribution in [1.82, 2.24) is 0 Å². The van der Waals surface area contributed by atoms with Crippen LogP contribution in [0, 0.1) is 5.92 Å². The predicted molar refractivity (Wildman–Crippen MR) is 54.0 cm³/mol. The highest BCUT2D eigenvalue weighted by Crippen LogP contribution is 2.41. The van der Waals surface area contributed by atoms with E-state index in [4.69, 9.17) is 5.11 Å². The van der Waals surface area contributed by atoms with Gasteiger partial charge in [-0.15, -0.1) is 0 Å². The Balaban J connectivity index is 2.04. The first kappa shape index (κ1) is 11.5. The Kier molecular flexibility index (Phi) is 2.93. The number of aliphatic hydroxyl groups excluding tert-OH is 1. The van der Waals surface area contributed by atoms with Crippen LogP contribution in [0.25, 0.3) is 0 Å². The zero-order chi connectivity index (χ0) is 11.8. The van der Waals surface area contributed by atoms with E-state index < -0.39 is 11.7 Å². The molecule has 0 radical (unpaired) electrons. The summed E-state index contributed by atoms with van der Waals surface area (Å²) in [5.41, 5.74) is 0.340. The molecule has 0 spiro atoms. The van der Waals surface area contributed by atoms with Crippen LogP contribution in [0.1, 0.15) is 29.9 Å². The van der Waals surface area contributed by atoms with Crippen LogP contribution < -0.4 is 0 Å². The molecule has 0 saturated heterocycles. The minimum atomic E-state index is -4.26. The van der Waals surface area contributed by atoms with Crippen molar-refractivity contribution in [2.24, 2.45) is 5.92 Å². The van der Waals surface area contributed by atoms with Crippen molar-refractivity contribution in [3.63, 3.8) is 0 Å². The first-order valence-corrected chi connectivity index (χ1v) is 5.28. The molecule has 1 saturated carbocycles. The molecule has 1 fully saturated rings. The Hall–Kier alpha value is -1.03. The smallest absolute Gasteiger partial charge is 0.396 e. The fourth-order valence-electron chi connectivity index (χ4n) is 2.10. The molecule has 0 atom stereocenters. The minimum absolute atomic E-state index is 0.178. The maximum Gasteiger partial charge on any atom is 0.416 e. The van der Waals surface area contributed by atoms with Crippen LogP contribution in [0.4, 0.5) is 13.2 Å². The van der Waals surface area contributed by atoms with E-state index >= 15 is 0 Å². The van der Waals surface area contributed by atoms with E-state index in [1.165, 1.54) is 0 Å². The lowest BCUT2D eigenvalue weighted by Gasteiger charge is -2.34. The molecule has 4 heteroatoms. The summed E-state index contributed by atoms with van der Waals surface area (Å²) < 4.78 is 36.9. The summed E-state index contributed by atoms with van der Waals surface area (Å²) >= 11 is 0. The Morgan fingerprint density at radius 1 is 1.12 bits per heavy atom. The molecule has 1 aromatic rings. The fourth-order valence-corrected chi connectivity index (χ4v) is 2.10. The third-order valence-corrected chi connectivity index (χ3v) is 3.20. The number of hydrogen-bond acceptors (Lipinski definition) is 1. The number of hydrogen-bond donors (Lipinski definition) is 1. The van der Waals surface area contributed by atoms with Gasteiger partial charge >= 0.3 is 6.18 Å². The van der Waals surface area contributed by atoms with Crippen LogP contribution in [-0.4, -0.2) is 11.7 Å². The molecule has 1 aliphatic carbocycles. The molecule has 0 bridgehead atoms. The van der Waals surface area contributed by atoms with E-state index in [0.717, 1.165) is 30.5 Å². The molecule has 2 rings (SSSR count). The van der Waals surface area contributed by atoms with Gasteiger partial charge in [0.15, 0.2) is 0 Å². The number of aliphatic hydroxyl groups is 1. The van der Waals surface area contributed by atoms with Crippen molar-refractivity contribution < 1.29 is 18.3 Å². The molecule has 88 valence electrons. The molecule has 1 N–H and O–H groups in total. The maximum absolute atomic E-state index is 12.3. The van der Waals surface area contributed by atoms with Gasteiger partial charge in [-0.25, -0.2) is 0 Å². The summed E-state index contributed by atoms with van der Waals surface area (Å²) in [6, 6.07) is 5.34. The first-order chi connectivity index (χ1) is 7.50. The monoisotopic (exact) mass is 230 g/mol. The number of alkyl halides is 3. The van der Waals surface area contributed by atoms with E-state index in [2.05, 4.69) is 0 Å². The van der Waals surface area contributed by atoms with Crippen LogP contribution in [0.15, 0.2) is 24.3 Å². The van der Waals surface area contributed by atoms with Gasteiger partial charge in [-0.3, -0.25) is 0 Å². The third-order valence-electron chi connectivity index (χ3n) is 3.20. The second kappa shape index (κ2) is 4.09. The number of halogens is 3. The topological polar surface area (TPSA) is 20.2 Å². The summed E-state index contributed by atoms with van der Waals surface area (Å²) in [6.45, 7) is 0.178. The first-order valence-electron chi connectivity index (χ1n) is 5.28. The van der Waals surface area contributed by atoms with Crippen LogP contribution in [-0.2, 0) is 6.18 Å². The highest BCUT2D eigenvalue weighted by atomic mass is 19.4. The average molecular weight is 230 g/mol. The van der Waals surface area contributed by atoms with Crippen LogP contribution in [0.3, 0.4) is 0 Å². The van der Waals surface area contributed by atoms with Gasteiger partial charge in [0.05, 0.1) is 5.56 Å². The standard InChI is InChI=1S/C12H13F3O/c13-12(14,15)11-3-1-9(2-4-11)10-5-8(6-10)7-16/h1-4,8,10,16H,5-7H2. The van der Waals surface area contributed by atoms with E-state index in [1.54, 1.807) is 12.1 Å². The molecule has 0 unspecified atom stereocenters. The van der Waals surface area contributed by atoms with Crippen molar-refractivity contribution in [3.8, 4) is 0 Å². The van der Waals surface area contributed by atoms with E-state index in [0.29, 0.717) is 11.8 Å². The zero-order valence-electron chi connectivity index (χ0n) is 8.67. The Morgan fingerprint density at radius 2 is 1.69 bits per heavy atom. The second-order valence-corrected chi connectivity index (χ2v) is 4.34. The minimum Gasteiger partial charge on any atom is -0.396 e. The Labute approximate surface area is 91.9 Å². The largest absolute Gasteiger partial charge is 0.416 e. The molecular formula is C12H13F3O. The highest BCUT2D eigenvalue weighted by Gasteiger charge is 2.32. The Bertz CT molecular complexity index is 350. The molecule has 0 aromatic heterocycles. The van der Waals surface area contributed by atoms with Gasteiger partial charge in [0.1, 0.15) is 0 Å². The van der Waals surface area contributed by atoms with Crippen LogP contribution >= 0.6 is 0 Å². The molecule has 0 heterocycles. The van der Waals surface area contributed by atoms with Crippen LogP contribution in [0.5, 0.6) is 0 Å². The number of rotatable bonds is 2. The molecule has 0 amide bonds. The van der Waals surface area contributed by atoms with Crippen molar-refractivity contribution in [2.45, 2.75) is 24.9 Å². The van der Waals surface area contributed by atoms with E-state index in [9.17, 15) is 13.2 Å². The average Bonchev–Trinajstić information content (AvgIpc) is 2.15. The van der Waals surface area contributed by atoms with Crippen molar-refractivity contribution in [3.05, 3.63) is 35.4 Å². The number of benzene rings is 1. The van der Waals surface area contributed by atoms with Crippen molar-refractivity contribution in [2.75, 3.05) is 6.61 Å². The van der Waals surface area contributed by atoms with Gasteiger partial charge in [0.2, 0.25) is 0 Å². The van der Waals surface area contributed by atoms with Gasteiger partial charge < -0.3 is 5.11 Å².